The molecule has 0 radical (unpaired) electrons. The van der Waals surface area contributed by atoms with Crippen LogP contribution in [0.1, 0.15) is 296 Å². The number of esters is 2. The fourth-order valence-electron chi connectivity index (χ4n) is 8.84. The summed E-state index contributed by atoms with van der Waals surface area (Å²) in [7, 11) is 5.98. The van der Waals surface area contributed by atoms with E-state index >= 15 is 0 Å². The molecule has 0 rings (SSSR count). The van der Waals surface area contributed by atoms with Crippen molar-refractivity contribution in [2.45, 2.75) is 309 Å². The van der Waals surface area contributed by atoms with Crippen molar-refractivity contribution in [3.8, 4) is 0 Å². The van der Waals surface area contributed by atoms with Crippen LogP contribution >= 0.6 is 0 Å². The average molecular weight is 954 g/mol. The highest BCUT2D eigenvalue weighted by molar-refractivity contribution is 5.71. The number of carbonyl (C=O) groups excluding carboxylic acids is 2. The Morgan fingerprint density at radius 1 is 0.388 bits per heavy atom. The molecule has 0 aromatic rings. The molecule has 0 aliphatic rings. The van der Waals surface area contributed by atoms with Gasteiger partial charge >= 0.3 is 17.9 Å². The van der Waals surface area contributed by atoms with Gasteiger partial charge in [0.15, 0.2) is 6.10 Å². The second-order valence-electron chi connectivity index (χ2n) is 21.3. The highest BCUT2D eigenvalue weighted by atomic mass is 16.7. The first-order valence-corrected chi connectivity index (χ1v) is 29.2. The molecule has 2 atom stereocenters. The van der Waals surface area contributed by atoms with Gasteiger partial charge in [-0.05, 0) is 12.8 Å². The van der Waals surface area contributed by atoms with E-state index in [2.05, 4.69) is 13.8 Å². The number of carboxylic acid groups (broad SMARTS) is 1. The van der Waals surface area contributed by atoms with Crippen molar-refractivity contribution in [1.82, 2.24) is 0 Å². The first-order valence-electron chi connectivity index (χ1n) is 29.2. The van der Waals surface area contributed by atoms with Crippen LogP contribution in [0, 0.1) is 0 Å². The standard InChI is InChI=1S/C58H113NO8/c1-6-8-10-12-14-16-18-20-21-22-23-24-25-26-27-28-29-30-31-32-33-34-35-36-37-39-41-43-45-47-49-56(61)67-54(53-66-58(57(62)63)64-51-50-59(3,4)5)52-65-55(60)48-46-44-42-40-38-19-17-15-13-11-9-7-2/h54,58H,6-53H2,1-5H3/p+1. The Hall–Kier alpha value is -1.71. The van der Waals surface area contributed by atoms with Crippen LogP contribution < -0.4 is 0 Å². The Morgan fingerprint density at radius 3 is 0.955 bits per heavy atom. The maximum absolute atomic E-state index is 12.8. The molecule has 0 aromatic carbocycles. The number of hydrogen-bond acceptors (Lipinski definition) is 7. The van der Waals surface area contributed by atoms with Gasteiger partial charge in [-0.15, -0.1) is 0 Å². The lowest BCUT2D eigenvalue weighted by Gasteiger charge is -2.25. The number of nitrogens with zero attached hydrogens (tertiary/aromatic N) is 1. The molecule has 0 spiro atoms. The number of carboxylic acids is 1. The monoisotopic (exact) mass is 953 g/mol. The van der Waals surface area contributed by atoms with Crippen LogP contribution in [0.4, 0.5) is 0 Å². The quantitative estimate of drug-likeness (QED) is 0.0278. The maximum Gasteiger partial charge on any atom is 0.361 e. The number of rotatable bonds is 55. The number of likely N-dealkylation sites (N-methyl/N-ethyl adjacent to an activating group) is 1. The summed E-state index contributed by atoms with van der Waals surface area (Å²) < 4.78 is 22.9. The van der Waals surface area contributed by atoms with E-state index in [1.165, 1.54) is 231 Å². The highest BCUT2D eigenvalue weighted by Gasteiger charge is 2.25. The largest absolute Gasteiger partial charge is 0.477 e. The van der Waals surface area contributed by atoms with Gasteiger partial charge in [0.1, 0.15) is 13.2 Å². The summed E-state index contributed by atoms with van der Waals surface area (Å²) >= 11 is 0. The molecule has 9 heteroatoms. The van der Waals surface area contributed by atoms with Crippen molar-refractivity contribution >= 4 is 17.9 Å². The summed E-state index contributed by atoms with van der Waals surface area (Å²) in [6.07, 6.45) is 53.4. The van der Waals surface area contributed by atoms with Gasteiger partial charge in [0.2, 0.25) is 0 Å². The van der Waals surface area contributed by atoms with Crippen molar-refractivity contribution < 1.29 is 42.9 Å². The Balaban J connectivity index is 4.04. The molecule has 0 aliphatic carbocycles. The highest BCUT2D eigenvalue weighted by Crippen LogP contribution is 2.18. The van der Waals surface area contributed by atoms with Crippen LogP contribution in [0.2, 0.25) is 0 Å². The summed E-state index contributed by atoms with van der Waals surface area (Å²) in [4.78, 5) is 37.3. The van der Waals surface area contributed by atoms with Crippen molar-refractivity contribution in [2.75, 3.05) is 47.5 Å². The molecule has 0 saturated heterocycles. The predicted octanol–water partition coefficient (Wildman–Crippen LogP) is 16.8. The third-order valence-corrected chi connectivity index (χ3v) is 13.4. The van der Waals surface area contributed by atoms with Gasteiger partial charge < -0.3 is 28.5 Å². The molecule has 0 heterocycles. The minimum absolute atomic E-state index is 0.173. The molecule has 0 saturated carbocycles. The predicted molar refractivity (Wildman–Crippen MR) is 282 cm³/mol. The number of unbranched alkanes of at least 4 members (excludes halogenated alkanes) is 40. The van der Waals surface area contributed by atoms with Crippen LogP contribution in [0.15, 0.2) is 0 Å². The first-order chi connectivity index (χ1) is 32.6. The summed E-state index contributed by atoms with van der Waals surface area (Å²) in [5.41, 5.74) is 0. The van der Waals surface area contributed by atoms with E-state index in [9.17, 15) is 19.5 Å². The summed E-state index contributed by atoms with van der Waals surface area (Å²) in [6.45, 7) is 4.93. The van der Waals surface area contributed by atoms with Crippen molar-refractivity contribution in [3.05, 3.63) is 0 Å². The van der Waals surface area contributed by atoms with Crippen molar-refractivity contribution in [2.24, 2.45) is 0 Å². The second kappa shape index (κ2) is 50.7. The SMILES string of the molecule is CCCCCCCCCCCCCCCCCCCCCCCCCCCCCCCCC(=O)OC(COC(=O)CCCCCCCCCCCCCC)COC(OCC[N+](C)(C)C)C(=O)O. The summed E-state index contributed by atoms with van der Waals surface area (Å²) in [6, 6.07) is 0. The van der Waals surface area contributed by atoms with E-state index in [0.717, 1.165) is 38.5 Å². The molecule has 398 valence electrons. The Bertz CT molecular complexity index is 1060. The minimum Gasteiger partial charge on any atom is -0.477 e. The van der Waals surface area contributed by atoms with Gasteiger partial charge in [-0.2, -0.15) is 0 Å². The number of quaternary nitrogens is 1. The van der Waals surface area contributed by atoms with Crippen LogP contribution in [-0.2, 0) is 33.3 Å². The average Bonchev–Trinajstić information content (AvgIpc) is 3.29. The molecule has 0 aliphatic heterocycles. The molecule has 2 unspecified atom stereocenters. The minimum atomic E-state index is -1.50. The van der Waals surface area contributed by atoms with Gasteiger partial charge in [-0.1, -0.05) is 271 Å². The first kappa shape index (κ1) is 65.3. The van der Waals surface area contributed by atoms with Crippen LogP contribution in [0.5, 0.6) is 0 Å². The molecule has 0 aromatic heterocycles. The van der Waals surface area contributed by atoms with Gasteiger partial charge in [0.05, 0.1) is 34.4 Å². The van der Waals surface area contributed by atoms with Crippen LogP contribution in [-0.4, -0.2) is 87.4 Å². The van der Waals surface area contributed by atoms with E-state index in [0.29, 0.717) is 17.4 Å². The van der Waals surface area contributed by atoms with Gasteiger partial charge in [0.25, 0.3) is 6.29 Å². The number of aliphatic carboxylic acids is 1. The number of ether oxygens (including phenoxy) is 4. The van der Waals surface area contributed by atoms with E-state index in [1.54, 1.807) is 0 Å². The van der Waals surface area contributed by atoms with E-state index in [4.69, 9.17) is 18.9 Å². The fourth-order valence-corrected chi connectivity index (χ4v) is 8.84. The lowest BCUT2D eigenvalue weighted by atomic mass is 10.0. The van der Waals surface area contributed by atoms with Crippen LogP contribution in [0.25, 0.3) is 0 Å². The molecule has 0 amide bonds. The van der Waals surface area contributed by atoms with Gasteiger partial charge in [-0.3, -0.25) is 9.59 Å². The molecule has 0 bridgehead atoms. The molecule has 9 nitrogen and oxygen atoms in total. The zero-order valence-electron chi connectivity index (χ0n) is 45.3. The second-order valence-corrected chi connectivity index (χ2v) is 21.3. The molecule has 1 N–H and O–H groups in total. The summed E-state index contributed by atoms with van der Waals surface area (Å²) in [5.74, 6) is -1.98. The number of carbonyl (C=O) groups is 3. The third-order valence-electron chi connectivity index (χ3n) is 13.4. The lowest BCUT2D eigenvalue weighted by molar-refractivity contribution is -0.870. The lowest BCUT2D eigenvalue weighted by Crippen LogP contribution is -2.40. The molecular formula is C58H114NO8+. The van der Waals surface area contributed by atoms with Gasteiger partial charge in [-0.25, -0.2) is 4.79 Å². The third kappa shape index (κ3) is 52.0. The van der Waals surface area contributed by atoms with E-state index in [1.807, 2.05) is 21.1 Å². The van der Waals surface area contributed by atoms with Gasteiger partial charge in [0, 0.05) is 12.8 Å². The Labute approximate surface area is 415 Å². The van der Waals surface area contributed by atoms with Crippen molar-refractivity contribution in [1.29, 1.82) is 0 Å². The maximum atomic E-state index is 12.8. The smallest absolute Gasteiger partial charge is 0.361 e. The summed E-state index contributed by atoms with van der Waals surface area (Å²) in [5, 5.41) is 9.68. The Kier molecular flexibility index (Phi) is 49.4. The fraction of sp³-hybridized carbons (Fsp3) is 0.948. The number of hydrogen-bond donors (Lipinski definition) is 1. The van der Waals surface area contributed by atoms with Crippen LogP contribution in [0.3, 0.4) is 0 Å². The van der Waals surface area contributed by atoms with E-state index in [-0.39, 0.29) is 38.2 Å². The zero-order valence-corrected chi connectivity index (χ0v) is 45.3. The topological polar surface area (TPSA) is 108 Å². The van der Waals surface area contributed by atoms with Crippen molar-refractivity contribution in [3.63, 3.8) is 0 Å². The molecular weight excluding hydrogens is 839 g/mol. The normalized spacial score (nSPS) is 12.7. The molecule has 67 heavy (non-hydrogen) atoms. The van der Waals surface area contributed by atoms with E-state index < -0.39 is 18.4 Å². The Morgan fingerprint density at radius 2 is 0.672 bits per heavy atom. The molecule has 0 fully saturated rings. The zero-order chi connectivity index (χ0) is 49.2.